The largest absolute Gasteiger partial charge is 0.470 e. The molecule has 0 spiro atoms. The first-order chi connectivity index (χ1) is 11.6. The molecule has 1 saturated heterocycles. The molecule has 0 unspecified atom stereocenters. The second kappa shape index (κ2) is 7.31. The summed E-state index contributed by atoms with van der Waals surface area (Å²) in [4.78, 5) is 29.6. The van der Waals surface area contributed by atoms with Crippen molar-refractivity contribution in [2.24, 2.45) is 0 Å². The van der Waals surface area contributed by atoms with Gasteiger partial charge in [0.2, 0.25) is 11.8 Å². The van der Waals surface area contributed by atoms with Crippen LogP contribution in [0.3, 0.4) is 0 Å². The van der Waals surface area contributed by atoms with Gasteiger partial charge in [0.25, 0.3) is 5.91 Å². The topological polar surface area (TPSA) is 71.5 Å². The monoisotopic (exact) mass is 345 g/mol. The number of hydrogen-bond acceptors (Lipinski definition) is 4. The molecule has 1 aliphatic rings. The Hall–Kier alpha value is -2.60. The molecule has 124 valence electrons. The number of ether oxygens (including phenoxy) is 1. The maximum absolute atomic E-state index is 12.0. The zero-order valence-electron chi connectivity index (χ0n) is 12.8. The maximum Gasteiger partial charge on any atom is 0.251 e. The summed E-state index contributed by atoms with van der Waals surface area (Å²) >= 11 is 5.98. The summed E-state index contributed by atoms with van der Waals surface area (Å²) in [5, 5.41) is 3.06. The lowest BCUT2D eigenvalue weighted by Crippen LogP contribution is -2.58. The second-order valence-corrected chi connectivity index (χ2v) is 5.78. The Kier molecular flexibility index (Phi) is 4.96. The number of carbonyl (C=O) groups is 2. The molecule has 2 aromatic rings. The van der Waals surface area contributed by atoms with E-state index in [0.717, 1.165) is 0 Å². The number of carbonyl (C=O) groups excluding carboxylic acids is 2. The Morgan fingerprint density at radius 2 is 1.96 bits per heavy atom. The first kappa shape index (κ1) is 16.3. The average Bonchev–Trinajstić information content (AvgIpc) is 2.57. The molecule has 2 heterocycles. The highest BCUT2D eigenvalue weighted by Gasteiger charge is 2.32. The number of aromatic nitrogens is 1. The van der Waals surface area contributed by atoms with Crippen molar-refractivity contribution in [1.29, 1.82) is 0 Å². The van der Waals surface area contributed by atoms with Crippen LogP contribution in [0.1, 0.15) is 10.4 Å². The summed E-state index contributed by atoms with van der Waals surface area (Å²) in [6.45, 7) is 0.866. The summed E-state index contributed by atoms with van der Waals surface area (Å²) in [5.41, 5.74) is 0.528. The summed E-state index contributed by atoms with van der Waals surface area (Å²) in [6, 6.07) is 12.2. The van der Waals surface area contributed by atoms with Gasteiger partial charge in [-0.3, -0.25) is 9.59 Å². The zero-order valence-corrected chi connectivity index (χ0v) is 13.6. The predicted molar refractivity (Wildman–Crippen MR) is 89.0 cm³/mol. The molecule has 1 N–H and O–H groups in total. The Bertz CT molecular complexity index is 733. The van der Waals surface area contributed by atoms with Crippen LogP contribution in [0.2, 0.25) is 5.02 Å². The van der Waals surface area contributed by atoms with Crippen molar-refractivity contribution in [3.05, 3.63) is 59.2 Å². The van der Waals surface area contributed by atoms with Crippen LogP contribution < -0.4 is 10.1 Å². The molecule has 1 aliphatic heterocycles. The Balaban J connectivity index is 1.42. The van der Waals surface area contributed by atoms with Crippen molar-refractivity contribution in [3.8, 4) is 5.88 Å². The molecule has 1 aromatic carbocycles. The van der Waals surface area contributed by atoms with Gasteiger partial charge in [0.05, 0.1) is 19.6 Å². The van der Waals surface area contributed by atoms with Crippen LogP contribution in [0.4, 0.5) is 0 Å². The second-order valence-electron chi connectivity index (χ2n) is 5.38. The lowest BCUT2D eigenvalue weighted by molar-refractivity contribution is -0.138. The molecule has 2 amide bonds. The van der Waals surface area contributed by atoms with E-state index in [4.69, 9.17) is 16.3 Å². The van der Waals surface area contributed by atoms with Crippen molar-refractivity contribution in [2.75, 3.05) is 19.6 Å². The molecule has 0 bridgehead atoms. The number of pyridine rings is 1. The third kappa shape index (κ3) is 3.83. The summed E-state index contributed by atoms with van der Waals surface area (Å²) in [7, 11) is 0. The number of hydrogen-bond donors (Lipinski definition) is 1. The predicted octanol–water partition coefficient (Wildman–Crippen LogP) is 1.75. The normalized spacial score (nSPS) is 14.0. The summed E-state index contributed by atoms with van der Waals surface area (Å²) < 4.78 is 5.63. The van der Waals surface area contributed by atoms with E-state index in [9.17, 15) is 9.59 Å². The van der Waals surface area contributed by atoms with E-state index in [0.29, 0.717) is 29.6 Å². The van der Waals surface area contributed by atoms with Crippen LogP contribution in [0.25, 0.3) is 0 Å². The van der Waals surface area contributed by atoms with E-state index in [1.54, 1.807) is 47.5 Å². The number of amides is 2. The van der Waals surface area contributed by atoms with Gasteiger partial charge in [-0.15, -0.1) is 0 Å². The number of nitrogens with zero attached hydrogens (tertiary/aromatic N) is 2. The van der Waals surface area contributed by atoms with Crippen LogP contribution >= 0.6 is 11.6 Å². The minimum atomic E-state index is -0.266. The quantitative estimate of drug-likeness (QED) is 0.896. The summed E-state index contributed by atoms with van der Waals surface area (Å²) in [5.74, 6) is -0.0440. The first-order valence-electron chi connectivity index (χ1n) is 7.51. The smallest absolute Gasteiger partial charge is 0.251 e. The van der Waals surface area contributed by atoms with Gasteiger partial charge >= 0.3 is 0 Å². The Labute approximate surface area is 144 Å². The van der Waals surface area contributed by atoms with E-state index in [1.165, 1.54) is 0 Å². The van der Waals surface area contributed by atoms with Crippen molar-refractivity contribution in [3.63, 3.8) is 0 Å². The van der Waals surface area contributed by atoms with E-state index >= 15 is 0 Å². The molecule has 0 saturated carbocycles. The molecule has 0 atom stereocenters. The minimum Gasteiger partial charge on any atom is -0.470 e. The highest BCUT2D eigenvalue weighted by atomic mass is 35.5. The van der Waals surface area contributed by atoms with E-state index in [2.05, 4.69) is 10.3 Å². The molecule has 0 radical (unpaired) electrons. The molecule has 1 fully saturated rings. The first-order valence-corrected chi connectivity index (χ1v) is 7.89. The SMILES string of the molecule is O=C(NCC(=O)N1CC(Oc2ncccc2Cl)C1)c1ccccc1. The molecular weight excluding hydrogens is 330 g/mol. The van der Waals surface area contributed by atoms with Crippen LogP contribution in [0, 0.1) is 0 Å². The van der Waals surface area contributed by atoms with Gasteiger partial charge in [0, 0.05) is 11.8 Å². The van der Waals surface area contributed by atoms with E-state index < -0.39 is 0 Å². The molecule has 24 heavy (non-hydrogen) atoms. The van der Waals surface area contributed by atoms with Gasteiger partial charge in [-0.25, -0.2) is 4.98 Å². The third-order valence-electron chi connectivity index (χ3n) is 3.64. The fourth-order valence-electron chi connectivity index (χ4n) is 2.29. The van der Waals surface area contributed by atoms with Crippen molar-refractivity contribution in [1.82, 2.24) is 15.2 Å². The Morgan fingerprint density at radius 3 is 2.67 bits per heavy atom. The summed E-state index contributed by atoms with van der Waals surface area (Å²) in [6.07, 6.45) is 1.47. The number of benzene rings is 1. The number of likely N-dealkylation sites (tertiary alicyclic amines) is 1. The van der Waals surface area contributed by atoms with Gasteiger partial charge in [0.15, 0.2) is 0 Å². The van der Waals surface area contributed by atoms with Crippen LogP contribution in [-0.4, -0.2) is 47.4 Å². The standard InChI is InChI=1S/C17H16ClN3O3/c18-14-7-4-8-19-17(14)24-13-10-21(11-13)15(22)9-20-16(23)12-5-2-1-3-6-12/h1-8,13H,9-11H2,(H,20,23). The molecule has 3 rings (SSSR count). The lowest BCUT2D eigenvalue weighted by atomic mass is 10.1. The maximum atomic E-state index is 12.0. The van der Waals surface area contributed by atoms with E-state index in [-0.39, 0.29) is 24.5 Å². The molecular formula is C17H16ClN3O3. The average molecular weight is 346 g/mol. The lowest BCUT2D eigenvalue weighted by Gasteiger charge is -2.38. The number of rotatable bonds is 5. The number of halogens is 1. The minimum absolute atomic E-state index is 0.0369. The van der Waals surface area contributed by atoms with Gasteiger partial charge in [0.1, 0.15) is 11.1 Å². The van der Waals surface area contributed by atoms with Crippen LogP contribution in [-0.2, 0) is 4.79 Å². The zero-order chi connectivity index (χ0) is 16.9. The fourth-order valence-corrected chi connectivity index (χ4v) is 2.46. The van der Waals surface area contributed by atoms with Gasteiger partial charge < -0.3 is 15.0 Å². The third-order valence-corrected chi connectivity index (χ3v) is 3.93. The van der Waals surface area contributed by atoms with Gasteiger partial charge in [-0.2, -0.15) is 0 Å². The fraction of sp³-hybridized carbons (Fsp3) is 0.235. The van der Waals surface area contributed by atoms with Crippen LogP contribution in [0.5, 0.6) is 5.88 Å². The molecule has 0 aliphatic carbocycles. The van der Waals surface area contributed by atoms with Crippen molar-refractivity contribution in [2.45, 2.75) is 6.10 Å². The van der Waals surface area contributed by atoms with Gasteiger partial charge in [-0.1, -0.05) is 29.8 Å². The highest BCUT2D eigenvalue weighted by Crippen LogP contribution is 2.23. The highest BCUT2D eigenvalue weighted by molar-refractivity contribution is 6.31. The number of nitrogens with one attached hydrogen (secondary N) is 1. The molecule has 7 heteroatoms. The van der Waals surface area contributed by atoms with Crippen molar-refractivity contribution >= 4 is 23.4 Å². The molecule has 1 aromatic heterocycles. The van der Waals surface area contributed by atoms with E-state index in [1.807, 2.05) is 6.07 Å². The Morgan fingerprint density at radius 1 is 1.21 bits per heavy atom. The van der Waals surface area contributed by atoms with Crippen molar-refractivity contribution < 1.29 is 14.3 Å². The van der Waals surface area contributed by atoms with Crippen LogP contribution in [0.15, 0.2) is 48.7 Å². The van der Waals surface area contributed by atoms with Gasteiger partial charge in [-0.05, 0) is 24.3 Å². The molecule has 6 nitrogen and oxygen atoms in total.